The van der Waals surface area contributed by atoms with Gasteiger partial charge in [-0.3, -0.25) is 4.79 Å². The third-order valence-electron chi connectivity index (χ3n) is 3.64. The highest BCUT2D eigenvalue weighted by atomic mass is 32.2. The van der Waals surface area contributed by atoms with Crippen molar-refractivity contribution in [2.75, 3.05) is 11.5 Å². The monoisotopic (exact) mass is 283 g/mol. The van der Waals surface area contributed by atoms with Crippen LogP contribution in [0, 0.1) is 11.3 Å². The quantitative estimate of drug-likeness (QED) is 0.732. The van der Waals surface area contributed by atoms with Gasteiger partial charge in [-0.25, -0.2) is 0 Å². The predicted octanol–water partition coefficient (Wildman–Crippen LogP) is 2.19. The summed E-state index contributed by atoms with van der Waals surface area (Å²) in [5.74, 6) is 1.16. The third-order valence-corrected chi connectivity index (χ3v) is 4.77. The van der Waals surface area contributed by atoms with Crippen LogP contribution in [0.15, 0.2) is 0 Å². The van der Waals surface area contributed by atoms with Crippen molar-refractivity contribution in [3.8, 4) is 6.07 Å². The number of nitrogens with one attached hydrogen (secondary N) is 1. The number of carbonyl (C=O) groups is 1. The lowest BCUT2D eigenvalue weighted by molar-refractivity contribution is -0.120. The Bertz CT molecular complexity index is 319. The smallest absolute Gasteiger partial charge is 0.231 e. The molecule has 3 N–H and O–H groups in total. The predicted molar refractivity (Wildman–Crippen MR) is 79.8 cm³/mol. The average molecular weight is 283 g/mol. The van der Waals surface area contributed by atoms with E-state index in [1.807, 2.05) is 6.92 Å². The second kappa shape index (κ2) is 8.44. The van der Waals surface area contributed by atoms with Gasteiger partial charge in [0, 0.05) is 11.8 Å². The molecule has 0 heterocycles. The number of carbonyl (C=O) groups excluding carboxylic acids is 1. The summed E-state index contributed by atoms with van der Waals surface area (Å²) in [4.78, 5) is 11.9. The zero-order valence-electron chi connectivity index (χ0n) is 11.8. The molecule has 0 aromatic rings. The van der Waals surface area contributed by atoms with Crippen molar-refractivity contribution in [2.24, 2.45) is 5.73 Å². The standard InChI is InChI=1S/C14H25N3OS/c1-2-12(16)9-19-10-13(18)17-14(11-15)7-5-3-4-6-8-14/h12H,2-10,16H2,1H3,(H,17,18). The second-order valence-electron chi connectivity index (χ2n) is 5.34. The van der Waals surface area contributed by atoms with Crippen LogP contribution < -0.4 is 11.1 Å². The highest BCUT2D eigenvalue weighted by Gasteiger charge is 2.32. The van der Waals surface area contributed by atoms with Crippen molar-refractivity contribution in [1.82, 2.24) is 5.32 Å². The van der Waals surface area contributed by atoms with E-state index in [0.29, 0.717) is 5.75 Å². The SMILES string of the molecule is CCC(N)CSCC(=O)NC1(C#N)CCCCCC1. The lowest BCUT2D eigenvalue weighted by atomic mass is 9.92. The Labute approximate surface area is 120 Å². The van der Waals surface area contributed by atoms with E-state index >= 15 is 0 Å². The van der Waals surface area contributed by atoms with Gasteiger partial charge in [-0.2, -0.15) is 17.0 Å². The van der Waals surface area contributed by atoms with Gasteiger partial charge in [0.1, 0.15) is 5.54 Å². The normalized spacial score (nSPS) is 20.1. The Morgan fingerprint density at radius 3 is 2.58 bits per heavy atom. The van der Waals surface area contributed by atoms with Gasteiger partial charge < -0.3 is 11.1 Å². The molecule has 0 spiro atoms. The average Bonchev–Trinajstić information content (AvgIpc) is 2.64. The van der Waals surface area contributed by atoms with E-state index in [4.69, 9.17) is 5.73 Å². The van der Waals surface area contributed by atoms with Crippen LogP contribution in [0.5, 0.6) is 0 Å². The Morgan fingerprint density at radius 2 is 2.05 bits per heavy atom. The van der Waals surface area contributed by atoms with E-state index in [2.05, 4.69) is 11.4 Å². The van der Waals surface area contributed by atoms with Crippen molar-refractivity contribution in [2.45, 2.75) is 63.5 Å². The summed E-state index contributed by atoms with van der Waals surface area (Å²) in [6.45, 7) is 2.04. The largest absolute Gasteiger partial charge is 0.337 e. The van der Waals surface area contributed by atoms with Crippen LogP contribution in [0.2, 0.25) is 0 Å². The number of nitriles is 1. The van der Waals surface area contributed by atoms with Crippen LogP contribution in [0.1, 0.15) is 51.9 Å². The number of nitrogens with two attached hydrogens (primary N) is 1. The van der Waals surface area contributed by atoms with Crippen LogP contribution in [0.4, 0.5) is 0 Å². The number of thioether (sulfide) groups is 1. The van der Waals surface area contributed by atoms with Crippen LogP contribution >= 0.6 is 11.8 Å². The number of nitrogens with zero attached hydrogens (tertiary/aromatic N) is 1. The van der Waals surface area contributed by atoms with Crippen LogP contribution in [-0.4, -0.2) is 29.0 Å². The molecule has 0 radical (unpaired) electrons. The van der Waals surface area contributed by atoms with E-state index in [1.165, 1.54) is 12.8 Å². The molecule has 1 atom stereocenters. The molecular formula is C14H25N3OS. The van der Waals surface area contributed by atoms with Gasteiger partial charge in [0.15, 0.2) is 0 Å². The molecule has 1 aliphatic rings. The van der Waals surface area contributed by atoms with Crippen molar-refractivity contribution in [3.05, 3.63) is 0 Å². The summed E-state index contributed by atoms with van der Waals surface area (Å²) < 4.78 is 0. The highest BCUT2D eigenvalue weighted by Crippen LogP contribution is 2.26. The molecule has 1 unspecified atom stereocenters. The Kier molecular flexibility index (Phi) is 7.25. The van der Waals surface area contributed by atoms with E-state index in [0.717, 1.165) is 37.9 Å². The Hall–Kier alpha value is -0.730. The summed E-state index contributed by atoms with van der Waals surface area (Å²) in [6.07, 6.45) is 6.89. The third kappa shape index (κ3) is 5.84. The Morgan fingerprint density at radius 1 is 1.42 bits per heavy atom. The molecule has 0 saturated heterocycles. The summed E-state index contributed by atoms with van der Waals surface area (Å²) >= 11 is 1.55. The van der Waals surface area contributed by atoms with Crippen molar-refractivity contribution >= 4 is 17.7 Å². The van der Waals surface area contributed by atoms with E-state index in [-0.39, 0.29) is 11.9 Å². The molecule has 0 aliphatic heterocycles. The Balaban J connectivity index is 2.38. The minimum absolute atomic E-state index is 0.0308. The van der Waals surface area contributed by atoms with Gasteiger partial charge in [-0.1, -0.05) is 32.6 Å². The van der Waals surface area contributed by atoms with Crippen LogP contribution in [-0.2, 0) is 4.79 Å². The molecule has 1 amide bonds. The maximum absolute atomic E-state index is 11.9. The first-order valence-corrected chi connectivity index (χ1v) is 8.33. The minimum Gasteiger partial charge on any atom is -0.337 e. The first kappa shape index (κ1) is 16.3. The fraction of sp³-hybridized carbons (Fsp3) is 0.857. The summed E-state index contributed by atoms with van der Waals surface area (Å²) in [5.41, 5.74) is 5.19. The lowest BCUT2D eigenvalue weighted by Gasteiger charge is -2.26. The van der Waals surface area contributed by atoms with Gasteiger partial charge >= 0.3 is 0 Å². The fourth-order valence-corrected chi connectivity index (χ4v) is 3.23. The first-order chi connectivity index (χ1) is 9.12. The number of hydrogen-bond acceptors (Lipinski definition) is 4. The van der Waals surface area contributed by atoms with Crippen LogP contribution in [0.25, 0.3) is 0 Å². The molecule has 4 nitrogen and oxygen atoms in total. The molecule has 1 aliphatic carbocycles. The van der Waals surface area contributed by atoms with Gasteiger partial charge in [-0.15, -0.1) is 0 Å². The number of amides is 1. The van der Waals surface area contributed by atoms with E-state index < -0.39 is 5.54 Å². The molecule has 0 aromatic heterocycles. The number of rotatable bonds is 6. The molecular weight excluding hydrogens is 258 g/mol. The molecule has 0 bridgehead atoms. The minimum atomic E-state index is -0.624. The molecule has 108 valence electrons. The number of hydrogen-bond donors (Lipinski definition) is 2. The van der Waals surface area contributed by atoms with Crippen molar-refractivity contribution in [1.29, 1.82) is 5.26 Å². The molecule has 19 heavy (non-hydrogen) atoms. The highest BCUT2D eigenvalue weighted by molar-refractivity contribution is 7.99. The zero-order chi connectivity index (χ0) is 14.1. The maximum atomic E-state index is 11.9. The van der Waals surface area contributed by atoms with Gasteiger partial charge in [0.2, 0.25) is 5.91 Å². The summed E-state index contributed by atoms with van der Waals surface area (Å²) in [7, 11) is 0. The molecule has 1 rings (SSSR count). The van der Waals surface area contributed by atoms with Crippen molar-refractivity contribution < 1.29 is 4.79 Å². The first-order valence-electron chi connectivity index (χ1n) is 7.17. The summed E-state index contributed by atoms with van der Waals surface area (Å²) in [5, 5.41) is 12.3. The van der Waals surface area contributed by atoms with Gasteiger partial charge in [-0.05, 0) is 19.3 Å². The molecule has 0 aromatic carbocycles. The van der Waals surface area contributed by atoms with E-state index in [1.54, 1.807) is 11.8 Å². The summed E-state index contributed by atoms with van der Waals surface area (Å²) in [6, 6.07) is 2.49. The molecule has 5 heteroatoms. The van der Waals surface area contributed by atoms with Gasteiger partial charge in [0.25, 0.3) is 0 Å². The van der Waals surface area contributed by atoms with Gasteiger partial charge in [0.05, 0.1) is 11.8 Å². The second-order valence-corrected chi connectivity index (χ2v) is 6.37. The van der Waals surface area contributed by atoms with Crippen molar-refractivity contribution in [3.63, 3.8) is 0 Å². The fourth-order valence-electron chi connectivity index (χ4n) is 2.32. The maximum Gasteiger partial charge on any atom is 0.231 e. The molecule has 1 saturated carbocycles. The lowest BCUT2D eigenvalue weighted by Crippen LogP contribution is -2.47. The van der Waals surface area contributed by atoms with E-state index in [9.17, 15) is 10.1 Å². The van der Waals surface area contributed by atoms with Crippen LogP contribution in [0.3, 0.4) is 0 Å². The topological polar surface area (TPSA) is 78.9 Å². The molecule has 1 fully saturated rings. The zero-order valence-corrected chi connectivity index (χ0v) is 12.6.